The summed E-state index contributed by atoms with van der Waals surface area (Å²) in [7, 11) is 0. The van der Waals surface area contributed by atoms with Crippen LogP contribution in [-0.2, 0) is 29.8 Å². The second kappa shape index (κ2) is 8.96. The molecule has 2 aromatic heterocycles. The number of thioether (sulfide) groups is 1. The largest absolute Gasteiger partial charge is 0.339 e. The van der Waals surface area contributed by atoms with E-state index in [1.54, 1.807) is 0 Å². The first-order chi connectivity index (χ1) is 15.7. The molecule has 1 aliphatic rings. The minimum atomic E-state index is -0.0811. The van der Waals surface area contributed by atoms with Crippen molar-refractivity contribution in [2.45, 2.75) is 43.5 Å². The summed E-state index contributed by atoms with van der Waals surface area (Å²) in [5, 5.41) is 14.6. The van der Waals surface area contributed by atoms with E-state index in [2.05, 4.69) is 67.0 Å². The van der Waals surface area contributed by atoms with Crippen LogP contribution >= 0.6 is 11.8 Å². The van der Waals surface area contributed by atoms with Crippen LogP contribution in [0.15, 0.2) is 52.1 Å². The Kier molecular flexibility index (Phi) is 5.72. The highest BCUT2D eigenvalue weighted by molar-refractivity contribution is 7.98. The fourth-order valence-corrected chi connectivity index (χ4v) is 4.41. The molecule has 4 aromatic rings. The monoisotopic (exact) mass is 446 g/mol. The van der Waals surface area contributed by atoms with Gasteiger partial charge in [-0.05, 0) is 40.8 Å². The summed E-state index contributed by atoms with van der Waals surface area (Å²) < 4.78 is 5.27. The van der Waals surface area contributed by atoms with Gasteiger partial charge in [0.1, 0.15) is 5.82 Å². The predicted octanol–water partition coefficient (Wildman–Crippen LogP) is 4.18. The molecule has 0 aliphatic heterocycles. The lowest BCUT2D eigenvalue weighted by Crippen LogP contribution is -2.12. The number of aryl methyl sites for hydroxylation is 2. The van der Waals surface area contributed by atoms with Crippen LogP contribution in [0.25, 0.3) is 11.1 Å². The Labute approximate surface area is 189 Å². The molecule has 9 heteroatoms. The molecule has 0 spiro atoms. The smallest absolute Gasteiger partial charge is 0.227 e. The molecule has 2 heterocycles. The predicted molar refractivity (Wildman–Crippen MR) is 121 cm³/mol. The number of carbonyl (C=O) groups excluding carboxylic acids is 1. The average molecular weight is 447 g/mol. The number of fused-ring (bicyclic) bond motifs is 3. The minimum Gasteiger partial charge on any atom is -0.339 e. The van der Waals surface area contributed by atoms with Gasteiger partial charge in [-0.15, -0.1) is 5.10 Å². The van der Waals surface area contributed by atoms with Crippen molar-refractivity contribution in [3.05, 3.63) is 71.1 Å². The molecule has 32 heavy (non-hydrogen) atoms. The topological polar surface area (TPSA) is 110 Å². The van der Waals surface area contributed by atoms with Gasteiger partial charge in [0.15, 0.2) is 5.82 Å². The van der Waals surface area contributed by atoms with Crippen LogP contribution in [0.3, 0.4) is 0 Å². The first-order valence-electron chi connectivity index (χ1n) is 10.5. The van der Waals surface area contributed by atoms with Crippen molar-refractivity contribution in [2.75, 3.05) is 5.32 Å². The van der Waals surface area contributed by atoms with Crippen LogP contribution in [0.4, 0.5) is 5.69 Å². The highest BCUT2D eigenvalue weighted by atomic mass is 32.2. The Hall–Kier alpha value is -3.46. The van der Waals surface area contributed by atoms with E-state index in [4.69, 9.17) is 4.52 Å². The molecule has 162 valence electrons. The van der Waals surface area contributed by atoms with E-state index < -0.39 is 0 Å². The SMILES string of the molecule is CCc1nc(SCc2noc(CCC(=O)Nc3ccc4c(c3)Cc3ccccc3-4)n2)n[nH]1. The summed E-state index contributed by atoms with van der Waals surface area (Å²) in [5.41, 5.74) is 5.89. The molecular weight excluding hydrogens is 424 g/mol. The fourth-order valence-electron chi connectivity index (χ4n) is 3.75. The zero-order valence-corrected chi connectivity index (χ0v) is 18.4. The minimum absolute atomic E-state index is 0.0811. The maximum absolute atomic E-state index is 12.4. The fraction of sp³-hybridized carbons (Fsp3) is 0.261. The second-order valence-electron chi connectivity index (χ2n) is 7.57. The normalized spacial score (nSPS) is 11.9. The van der Waals surface area contributed by atoms with Crippen LogP contribution in [0, 0.1) is 0 Å². The van der Waals surface area contributed by atoms with Crippen molar-refractivity contribution < 1.29 is 9.32 Å². The number of hydrogen-bond acceptors (Lipinski definition) is 7. The molecule has 0 unspecified atom stereocenters. The van der Waals surface area contributed by atoms with Gasteiger partial charge >= 0.3 is 0 Å². The molecule has 0 fully saturated rings. The number of hydrogen-bond donors (Lipinski definition) is 2. The summed E-state index contributed by atoms with van der Waals surface area (Å²) >= 11 is 1.44. The number of aromatic nitrogens is 5. The lowest BCUT2D eigenvalue weighted by atomic mass is 10.1. The van der Waals surface area contributed by atoms with Crippen molar-refractivity contribution in [2.24, 2.45) is 0 Å². The molecule has 5 rings (SSSR count). The van der Waals surface area contributed by atoms with Crippen molar-refractivity contribution >= 4 is 23.4 Å². The molecule has 0 saturated carbocycles. The van der Waals surface area contributed by atoms with Crippen LogP contribution in [-0.4, -0.2) is 31.2 Å². The Morgan fingerprint density at radius 1 is 1.16 bits per heavy atom. The lowest BCUT2D eigenvalue weighted by molar-refractivity contribution is -0.116. The number of anilines is 1. The Morgan fingerprint density at radius 3 is 2.91 bits per heavy atom. The van der Waals surface area contributed by atoms with Gasteiger partial charge in [0.05, 0.1) is 5.75 Å². The molecular formula is C23H22N6O2S. The third kappa shape index (κ3) is 4.43. The van der Waals surface area contributed by atoms with E-state index in [9.17, 15) is 4.79 Å². The average Bonchev–Trinajstić information content (AvgIpc) is 3.53. The van der Waals surface area contributed by atoms with Gasteiger partial charge < -0.3 is 9.84 Å². The van der Waals surface area contributed by atoms with E-state index >= 15 is 0 Å². The number of amides is 1. The number of H-pyrrole nitrogens is 1. The van der Waals surface area contributed by atoms with Crippen molar-refractivity contribution in [1.29, 1.82) is 0 Å². The maximum atomic E-state index is 12.4. The van der Waals surface area contributed by atoms with Gasteiger partial charge in [-0.25, -0.2) is 4.98 Å². The molecule has 2 N–H and O–H groups in total. The highest BCUT2D eigenvalue weighted by Crippen LogP contribution is 2.37. The van der Waals surface area contributed by atoms with Crippen LogP contribution in [0.1, 0.15) is 42.0 Å². The van der Waals surface area contributed by atoms with E-state index in [-0.39, 0.29) is 12.3 Å². The molecule has 2 aromatic carbocycles. The van der Waals surface area contributed by atoms with E-state index in [0.29, 0.717) is 29.0 Å². The highest BCUT2D eigenvalue weighted by Gasteiger charge is 2.18. The van der Waals surface area contributed by atoms with Crippen molar-refractivity contribution in [3.63, 3.8) is 0 Å². The third-order valence-electron chi connectivity index (χ3n) is 5.33. The first kappa shape index (κ1) is 20.4. The van der Waals surface area contributed by atoms with Crippen molar-refractivity contribution in [1.82, 2.24) is 25.3 Å². The molecule has 0 bridgehead atoms. The summed E-state index contributed by atoms with van der Waals surface area (Å²) in [4.78, 5) is 21.1. The lowest BCUT2D eigenvalue weighted by Gasteiger charge is -2.07. The summed E-state index contributed by atoms with van der Waals surface area (Å²) in [6.07, 6.45) is 2.36. The second-order valence-corrected chi connectivity index (χ2v) is 8.51. The maximum Gasteiger partial charge on any atom is 0.227 e. The Bertz CT molecular complexity index is 1260. The Morgan fingerprint density at radius 2 is 2.03 bits per heavy atom. The van der Waals surface area contributed by atoms with Crippen LogP contribution in [0.5, 0.6) is 0 Å². The van der Waals surface area contributed by atoms with Gasteiger partial charge in [-0.3, -0.25) is 9.89 Å². The van der Waals surface area contributed by atoms with Gasteiger partial charge in [-0.2, -0.15) is 4.98 Å². The first-order valence-corrected chi connectivity index (χ1v) is 11.5. The van der Waals surface area contributed by atoms with E-state index in [0.717, 1.165) is 24.4 Å². The molecule has 0 radical (unpaired) electrons. The number of benzene rings is 2. The molecule has 0 atom stereocenters. The number of aromatic amines is 1. The van der Waals surface area contributed by atoms with E-state index in [1.807, 2.05) is 13.0 Å². The number of nitrogens with one attached hydrogen (secondary N) is 2. The molecule has 0 saturated heterocycles. The zero-order chi connectivity index (χ0) is 21.9. The summed E-state index contributed by atoms with van der Waals surface area (Å²) in [5.74, 6) is 2.28. The standard InChI is InChI=1S/C23H22N6O2S/c1-2-19-26-23(28-27-19)32-13-20-25-22(31-29-20)10-9-21(30)24-16-7-8-18-15(12-16)11-14-5-3-4-6-17(14)18/h3-8,12H,2,9-11,13H2,1H3,(H,24,30)(H,26,27,28). The number of nitrogens with zero attached hydrogens (tertiary/aromatic N) is 4. The zero-order valence-electron chi connectivity index (χ0n) is 17.6. The number of rotatable bonds is 8. The van der Waals surface area contributed by atoms with Crippen LogP contribution < -0.4 is 5.32 Å². The molecule has 1 amide bonds. The van der Waals surface area contributed by atoms with Crippen LogP contribution in [0.2, 0.25) is 0 Å². The van der Waals surface area contributed by atoms with Gasteiger partial charge in [0.2, 0.25) is 17.0 Å². The Balaban J connectivity index is 1.12. The van der Waals surface area contributed by atoms with Gasteiger partial charge in [-0.1, -0.05) is 54.2 Å². The quantitative estimate of drug-likeness (QED) is 0.344. The van der Waals surface area contributed by atoms with Gasteiger partial charge in [0.25, 0.3) is 0 Å². The molecule has 1 aliphatic carbocycles. The summed E-state index contributed by atoms with van der Waals surface area (Å²) in [6.45, 7) is 2.01. The third-order valence-corrected chi connectivity index (χ3v) is 6.17. The van der Waals surface area contributed by atoms with Crippen molar-refractivity contribution in [3.8, 4) is 11.1 Å². The van der Waals surface area contributed by atoms with E-state index in [1.165, 1.54) is 34.0 Å². The molecule has 8 nitrogen and oxygen atoms in total. The summed E-state index contributed by atoms with van der Waals surface area (Å²) in [6, 6.07) is 14.5. The van der Waals surface area contributed by atoms with Gasteiger partial charge in [0, 0.05) is 24.9 Å². The number of carbonyl (C=O) groups is 1.